The van der Waals surface area contributed by atoms with Gasteiger partial charge in [-0.2, -0.15) is 14.8 Å². The number of hydrogen-bond donors (Lipinski definition) is 2. The third-order valence-electron chi connectivity index (χ3n) is 6.56. The molecular formula is C22H28FN7O3. The zero-order chi connectivity index (χ0) is 23.4. The number of anilines is 1. The van der Waals surface area contributed by atoms with Crippen molar-refractivity contribution in [3.05, 3.63) is 23.5 Å². The zero-order valence-corrected chi connectivity index (χ0v) is 18.4. The van der Waals surface area contributed by atoms with Crippen LogP contribution in [0.25, 0.3) is 0 Å². The number of primary amides is 1. The molecule has 1 aromatic rings. The summed E-state index contributed by atoms with van der Waals surface area (Å²) in [4.78, 5) is 30.3. The monoisotopic (exact) mass is 457 g/mol. The Hall–Kier alpha value is -3.26. The molecule has 1 atom stereocenters. The molecule has 3 aliphatic heterocycles. The van der Waals surface area contributed by atoms with Gasteiger partial charge >= 0.3 is 0 Å². The molecule has 2 saturated heterocycles. The molecule has 10 nitrogen and oxygen atoms in total. The van der Waals surface area contributed by atoms with E-state index in [9.17, 15) is 19.2 Å². The Morgan fingerprint density at radius 3 is 2.82 bits per heavy atom. The maximum absolute atomic E-state index is 13.5. The van der Waals surface area contributed by atoms with E-state index in [1.807, 2.05) is 4.90 Å². The second-order valence-corrected chi connectivity index (χ2v) is 8.73. The SMILES string of the molecule is N#CCC1(n2cc(C(N)=O)c(NC3=CC(F)=NCC3)n2)CCN(C(=O)CC2CCCO2)CC1. The highest BCUT2D eigenvalue weighted by Gasteiger charge is 2.39. The second-order valence-electron chi connectivity index (χ2n) is 8.73. The molecule has 0 aromatic carbocycles. The number of amides is 2. The van der Waals surface area contributed by atoms with E-state index in [-0.39, 0.29) is 29.8 Å². The van der Waals surface area contributed by atoms with Gasteiger partial charge in [-0.3, -0.25) is 19.3 Å². The smallest absolute Gasteiger partial charge is 0.254 e. The van der Waals surface area contributed by atoms with Crippen molar-refractivity contribution in [1.82, 2.24) is 14.7 Å². The number of nitriles is 1. The molecule has 11 heteroatoms. The van der Waals surface area contributed by atoms with Crippen molar-refractivity contribution in [2.75, 3.05) is 31.6 Å². The third kappa shape index (κ3) is 5.06. The molecule has 0 bridgehead atoms. The largest absolute Gasteiger partial charge is 0.378 e. The first-order valence-electron chi connectivity index (χ1n) is 11.2. The normalized spacial score (nSPS) is 22.3. The summed E-state index contributed by atoms with van der Waals surface area (Å²) in [5.74, 6) is -0.992. The number of allylic oxidation sites excluding steroid dienone is 1. The predicted molar refractivity (Wildman–Crippen MR) is 118 cm³/mol. The van der Waals surface area contributed by atoms with Gasteiger partial charge < -0.3 is 20.7 Å². The quantitative estimate of drug-likeness (QED) is 0.641. The number of rotatable bonds is 7. The average Bonchev–Trinajstić information content (AvgIpc) is 3.45. The van der Waals surface area contributed by atoms with E-state index in [1.54, 1.807) is 10.9 Å². The van der Waals surface area contributed by atoms with Gasteiger partial charge in [0.15, 0.2) is 5.82 Å². The summed E-state index contributed by atoms with van der Waals surface area (Å²) in [6, 6.07) is 2.23. The molecule has 33 heavy (non-hydrogen) atoms. The summed E-state index contributed by atoms with van der Waals surface area (Å²) < 4.78 is 20.7. The van der Waals surface area contributed by atoms with Gasteiger partial charge in [0, 0.05) is 50.6 Å². The Morgan fingerprint density at radius 1 is 1.39 bits per heavy atom. The number of carbonyl (C=O) groups excluding carboxylic acids is 2. The van der Waals surface area contributed by atoms with Crippen molar-refractivity contribution in [2.45, 2.75) is 56.6 Å². The van der Waals surface area contributed by atoms with Gasteiger partial charge in [-0.05, 0) is 25.7 Å². The van der Waals surface area contributed by atoms with Gasteiger partial charge in [0.1, 0.15) is 5.56 Å². The standard InChI is InChI=1S/C22H28FN7O3/c23-18-12-15(3-8-26-18)27-21-17(20(25)32)14-30(28-21)22(4-7-24)5-9-29(10-6-22)19(31)13-16-2-1-11-33-16/h12,14,16H,1-6,8-11,13H2,(H2,25,32)(H,27,28). The number of aliphatic imine (C=N–C) groups is 1. The molecular weight excluding hydrogens is 429 g/mol. The number of likely N-dealkylation sites (tertiary alicyclic amines) is 1. The van der Waals surface area contributed by atoms with Crippen LogP contribution in [0.15, 0.2) is 23.0 Å². The minimum atomic E-state index is -0.675. The number of aromatic nitrogens is 2. The first kappa shape index (κ1) is 22.9. The minimum absolute atomic E-state index is 0.00913. The number of hydrogen-bond acceptors (Lipinski definition) is 7. The van der Waals surface area contributed by atoms with E-state index in [1.165, 1.54) is 6.08 Å². The van der Waals surface area contributed by atoms with Crippen LogP contribution in [0.3, 0.4) is 0 Å². The molecule has 3 N–H and O–H groups in total. The molecule has 2 amide bonds. The number of dihydropyridines is 1. The molecule has 0 aliphatic carbocycles. The van der Waals surface area contributed by atoms with Crippen LogP contribution in [0, 0.1) is 11.3 Å². The first-order valence-corrected chi connectivity index (χ1v) is 11.2. The molecule has 0 spiro atoms. The summed E-state index contributed by atoms with van der Waals surface area (Å²) in [6.07, 6.45) is 6.74. The summed E-state index contributed by atoms with van der Waals surface area (Å²) >= 11 is 0. The number of carbonyl (C=O) groups is 2. The molecule has 2 fully saturated rings. The summed E-state index contributed by atoms with van der Waals surface area (Å²) in [7, 11) is 0. The third-order valence-corrected chi connectivity index (χ3v) is 6.56. The van der Waals surface area contributed by atoms with Crippen molar-refractivity contribution in [2.24, 2.45) is 10.7 Å². The van der Waals surface area contributed by atoms with Crippen molar-refractivity contribution in [3.63, 3.8) is 0 Å². The van der Waals surface area contributed by atoms with Gasteiger partial charge in [-0.25, -0.2) is 0 Å². The van der Waals surface area contributed by atoms with E-state index in [0.29, 0.717) is 57.6 Å². The Bertz CT molecular complexity index is 1010. The minimum Gasteiger partial charge on any atom is -0.378 e. The van der Waals surface area contributed by atoms with Crippen molar-refractivity contribution in [1.29, 1.82) is 5.26 Å². The lowest BCUT2D eigenvalue weighted by Crippen LogP contribution is -2.48. The number of nitrogens with zero attached hydrogens (tertiary/aromatic N) is 5. The summed E-state index contributed by atoms with van der Waals surface area (Å²) in [5, 5.41) is 17.1. The fourth-order valence-corrected chi connectivity index (χ4v) is 4.62. The first-order chi connectivity index (χ1) is 15.9. The van der Waals surface area contributed by atoms with Crippen molar-refractivity contribution < 1.29 is 18.7 Å². The van der Waals surface area contributed by atoms with E-state index in [0.717, 1.165) is 12.8 Å². The highest BCUT2D eigenvalue weighted by Crippen LogP contribution is 2.35. The molecule has 176 valence electrons. The Labute approximate surface area is 191 Å². The topological polar surface area (TPSA) is 139 Å². The van der Waals surface area contributed by atoms with E-state index < -0.39 is 17.4 Å². The number of piperidine rings is 1. The second kappa shape index (κ2) is 9.70. The Kier molecular flexibility index (Phi) is 6.74. The molecule has 4 heterocycles. The van der Waals surface area contributed by atoms with Gasteiger partial charge in [-0.15, -0.1) is 0 Å². The predicted octanol–water partition coefficient (Wildman–Crippen LogP) is 1.85. The molecule has 1 aromatic heterocycles. The summed E-state index contributed by atoms with van der Waals surface area (Å²) in [6.45, 7) is 1.96. The number of nitrogens with two attached hydrogens (primary N) is 1. The Balaban J connectivity index is 1.51. The van der Waals surface area contributed by atoms with Gasteiger partial charge in [0.2, 0.25) is 11.9 Å². The van der Waals surface area contributed by atoms with Crippen LogP contribution >= 0.6 is 0 Å². The lowest BCUT2D eigenvalue weighted by atomic mass is 9.84. The van der Waals surface area contributed by atoms with Crippen molar-refractivity contribution >= 4 is 23.6 Å². The summed E-state index contributed by atoms with van der Waals surface area (Å²) in [5.41, 5.74) is 5.59. The van der Waals surface area contributed by atoms with E-state index >= 15 is 0 Å². The number of nitrogens with one attached hydrogen (secondary N) is 1. The van der Waals surface area contributed by atoms with Crippen LogP contribution in [0.5, 0.6) is 0 Å². The van der Waals surface area contributed by atoms with E-state index in [4.69, 9.17) is 10.5 Å². The molecule has 4 rings (SSSR count). The fourth-order valence-electron chi connectivity index (χ4n) is 4.62. The molecule has 0 saturated carbocycles. The van der Waals surface area contributed by atoms with Gasteiger partial charge in [0.05, 0.1) is 30.6 Å². The fraction of sp³-hybridized carbons (Fsp3) is 0.591. The lowest BCUT2D eigenvalue weighted by molar-refractivity contribution is -0.135. The van der Waals surface area contributed by atoms with Crippen LogP contribution in [-0.2, 0) is 15.1 Å². The number of halogens is 1. The van der Waals surface area contributed by atoms with Crippen LogP contribution in [0.2, 0.25) is 0 Å². The van der Waals surface area contributed by atoms with Crippen LogP contribution in [-0.4, -0.2) is 64.8 Å². The van der Waals surface area contributed by atoms with Crippen molar-refractivity contribution in [3.8, 4) is 6.07 Å². The molecule has 1 unspecified atom stereocenters. The van der Waals surface area contributed by atoms with E-state index in [2.05, 4.69) is 21.5 Å². The Morgan fingerprint density at radius 2 is 2.18 bits per heavy atom. The van der Waals surface area contributed by atoms with Gasteiger partial charge in [-0.1, -0.05) is 0 Å². The highest BCUT2D eigenvalue weighted by atomic mass is 19.1. The maximum atomic E-state index is 13.5. The number of ether oxygens (including phenoxy) is 1. The average molecular weight is 458 g/mol. The molecule has 3 aliphatic rings. The van der Waals surface area contributed by atoms with Crippen LogP contribution in [0.1, 0.15) is 55.3 Å². The maximum Gasteiger partial charge on any atom is 0.254 e. The molecule has 0 radical (unpaired) electrons. The van der Waals surface area contributed by atoms with Crippen LogP contribution in [0.4, 0.5) is 10.2 Å². The van der Waals surface area contributed by atoms with Crippen LogP contribution < -0.4 is 11.1 Å². The highest BCUT2D eigenvalue weighted by molar-refractivity contribution is 5.98. The lowest BCUT2D eigenvalue weighted by Gasteiger charge is -2.41. The van der Waals surface area contributed by atoms with Gasteiger partial charge in [0.25, 0.3) is 5.91 Å². The zero-order valence-electron chi connectivity index (χ0n) is 18.4.